The van der Waals surface area contributed by atoms with Gasteiger partial charge in [-0.3, -0.25) is 4.79 Å². The van der Waals surface area contributed by atoms with Crippen molar-refractivity contribution in [1.29, 1.82) is 0 Å². The summed E-state index contributed by atoms with van der Waals surface area (Å²) in [4.78, 5) is 14.2. The van der Waals surface area contributed by atoms with Crippen molar-refractivity contribution in [3.05, 3.63) is 58.0 Å². The summed E-state index contributed by atoms with van der Waals surface area (Å²) in [5.74, 6) is 0.0227. The smallest absolute Gasteiger partial charge is 0.306 e. The highest BCUT2D eigenvalue weighted by Crippen LogP contribution is 2.45. The number of pyridine rings is 1. The van der Waals surface area contributed by atoms with Crippen LogP contribution in [0.25, 0.3) is 16.7 Å². The van der Waals surface area contributed by atoms with Gasteiger partial charge in [0.25, 0.3) is 0 Å². The van der Waals surface area contributed by atoms with E-state index in [1.54, 1.807) is 30.3 Å². The van der Waals surface area contributed by atoms with Crippen LogP contribution in [-0.4, -0.2) is 14.8 Å². The van der Waals surface area contributed by atoms with Crippen molar-refractivity contribution in [2.75, 3.05) is 0 Å². The summed E-state index contributed by atoms with van der Waals surface area (Å²) in [7, 11) is 0. The average Bonchev–Trinajstić information content (AvgIpc) is 3.28. The zero-order valence-electron chi connectivity index (χ0n) is 11.9. The van der Waals surface area contributed by atoms with E-state index in [1.807, 2.05) is 0 Å². The third kappa shape index (κ3) is 2.32. The van der Waals surface area contributed by atoms with Crippen LogP contribution in [-0.2, 0) is 6.18 Å². The molecule has 1 N–H and O–H groups in total. The molecule has 3 aromatic rings. The fourth-order valence-electron chi connectivity index (χ4n) is 2.79. The lowest BCUT2D eigenvalue weighted by atomic mass is 10.1. The van der Waals surface area contributed by atoms with E-state index in [1.165, 1.54) is 4.68 Å². The van der Waals surface area contributed by atoms with Gasteiger partial charge in [0.2, 0.25) is 5.56 Å². The lowest BCUT2D eigenvalue weighted by molar-refractivity contribution is -0.136. The summed E-state index contributed by atoms with van der Waals surface area (Å²) in [6.07, 6.45) is -2.96. The molecule has 118 valence electrons. The summed E-state index contributed by atoms with van der Waals surface area (Å²) in [6, 6.07) is 9.44. The second kappa shape index (κ2) is 4.71. The Balaban J connectivity index is 2.11. The minimum absolute atomic E-state index is 0.00320. The summed E-state index contributed by atoms with van der Waals surface area (Å²) >= 11 is 0. The molecular formula is C16H12F3N3O. The first kappa shape index (κ1) is 14.0. The molecule has 1 saturated carbocycles. The van der Waals surface area contributed by atoms with Crippen LogP contribution in [0.3, 0.4) is 0 Å². The van der Waals surface area contributed by atoms with Crippen molar-refractivity contribution in [3.63, 3.8) is 0 Å². The number of hydrogen-bond donors (Lipinski definition) is 1. The van der Waals surface area contributed by atoms with Crippen molar-refractivity contribution in [1.82, 2.24) is 14.8 Å². The largest absolute Gasteiger partial charge is 0.417 e. The summed E-state index contributed by atoms with van der Waals surface area (Å²) < 4.78 is 41.5. The Morgan fingerprint density at radius 2 is 1.87 bits per heavy atom. The van der Waals surface area contributed by atoms with Crippen LogP contribution in [0.2, 0.25) is 0 Å². The number of nitrogens with zero attached hydrogens (tertiary/aromatic N) is 2. The SMILES string of the molecule is O=c1cc(C(F)(F)F)c2c(C3CC3)nn(-c3ccccc3)c2[nH]1. The number of hydrogen-bond acceptors (Lipinski definition) is 2. The molecule has 7 heteroatoms. The van der Waals surface area contributed by atoms with Crippen LogP contribution in [0.15, 0.2) is 41.2 Å². The normalized spacial score (nSPS) is 15.3. The fourth-order valence-corrected chi connectivity index (χ4v) is 2.79. The average molecular weight is 319 g/mol. The number of alkyl halides is 3. The molecule has 1 aliphatic carbocycles. The van der Waals surface area contributed by atoms with Gasteiger partial charge < -0.3 is 4.98 Å². The van der Waals surface area contributed by atoms with Gasteiger partial charge in [0.1, 0.15) is 5.65 Å². The Hall–Kier alpha value is -2.57. The summed E-state index contributed by atoms with van der Waals surface area (Å²) in [5.41, 5.74) is -0.589. The van der Waals surface area contributed by atoms with Gasteiger partial charge in [-0.25, -0.2) is 4.68 Å². The van der Waals surface area contributed by atoms with E-state index >= 15 is 0 Å². The number of halogens is 3. The van der Waals surface area contributed by atoms with Crippen molar-refractivity contribution in [2.45, 2.75) is 24.9 Å². The van der Waals surface area contributed by atoms with Gasteiger partial charge in [-0.1, -0.05) is 18.2 Å². The molecule has 1 fully saturated rings. The number of aromatic nitrogens is 3. The predicted octanol–water partition coefficient (Wildman–Crippen LogP) is 3.61. The molecule has 0 amide bonds. The molecule has 23 heavy (non-hydrogen) atoms. The number of rotatable bonds is 2. The second-order valence-corrected chi connectivity index (χ2v) is 5.68. The monoisotopic (exact) mass is 319 g/mol. The molecule has 2 aromatic heterocycles. The van der Waals surface area contributed by atoms with E-state index in [2.05, 4.69) is 10.1 Å². The molecule has 0 bridgehead atoms. The molecule has 0 aliphatic heterocycles. The maximum Gasteiger partial charge on any atom is 0.417 e. The van der Waals surface area contributed by atoms with Gasteiger partial charge in [0.05, 0.1) is 22.3 Å². The topological polar surface area (TPSA) is 50.7 Å². The van der Waals surface area contributed by atoms with E-state index in [9.17, 15) is 18.0 Å². The standard InChI is InChI=1S/C16H12F3N3O/c17-16(18,19)11-8-12(23)20-15-13(11)14(9-6-7-9)21-22(15)10-4-2-1-3-5-10/h1-5,8-9H,6-7H2,(H,20,23). The van der Waals surface area contributed by atoms with Crippen molar-refractivity contribution in [3.8, 4) is 5.69 Å². The predicted molar refractivity (Wildman–Crippen MR) is 78.7 cm³/mol. The molecule has 0 unspecified atom stereocenters. The number of benzene rings is 1. The fraction of sp³-hybridized carbons (Fsp3) is 0.250. The number of H-pyrrole nitrogens is 1. The van der Waals surface area contributed by atoms with Crippen LogP contribution in [0.1, 0.15) is 30.0 Å². The Bertz CT molecular complexity index is 937. The Kier molecular flexibility index (Phi) is 2.88. The summed E-state index contributed by atoms with van der Waals surface area (Å²) in [5, 5.41) is 4.39. The minimum atomic E-state index is -4.60. The molecule has 0 saturated heterocycles. The molecule has 1 aliphatic rings. The van der Waals surface area contributed by atoms with Crippen molar-refractivity contribution < 1.29 is 13.2 Å². The third-order valence-corrected chi connectivity index (χ3v) is 3.97. The minimum Gasteiger partial charge on any atom is -0.306 e. The third-order valence-electron chi connectivity index (χ3n) is 3.97. The highest BCUT2D eigenvalue weighted by atomic mass is 19.4. The molecule has 1 aromatic carbocycles. The Morgan fingerprint density at radius 3 is 2.48 bits per heavy atom. The molecular weight excluding hydrogens is 307 g/mol. The maximum atomic E-state index is 13.4. The molecule has 0 spiro atoms. The van der Waals surface area contributed by atoms with Gasteiger partial charge >= 0.3 is 6.18 Å². The van der Waals surface area contributed by atoms with Crippen molar-refractivity contribution in [2.24, 2.45) is 0 Å². The van der Waals surface area contributed by atoms with Gasteiger partial charge in [0.15, 0.2) is 0 Å². The van der Waals surface area contributed by atoms with E-state index in [-0.39, 0.29) is 17.0 Å². The van der Waals surface area contributed by atoms with Gasteiger partial charge in [-0.15, -0.1) is 0 Å². The van der Waals surface area contributed by atoms with E-state index in [4.69, 9.17) is 0 Å². The lowest BCUT2D eigenvalue weighted by Crippen LogP contribution is -2.14. The first-order valence-electron chi connectivity index (χ1n) is 7.24. The van der Waals surface area contributed by atoms with E-state index < -0.39 is 17.3 Å². The number of fused-ring (bicyclic) bond motifs is 1. The van der Waals surface area contributed by atoms with Gasteiger partial charge in [-0.2, -0.15) is 18.3 Å². The highest BCUT2D eigenvalue weighted by Gasteiger charge is 2.39. The molecule has 0 atom stereocenters. The van der Waals surface area contributed by atoms with Crippen LogP contribution >= 0.6 is 0 Å². The van der Waals surface area contributed by atoms with Crippen LogP contribution in [0.5, 0.6) is 0 Å². The lowest BCUT2D eigenvalue weighted by Gasteiger charge is -2.08. The molecule has 4 rings (SSSR count). The number of nitrogens with one attached hydrogen (secondary N) is 1. The van der Waals surface area contributed by atoms with Crippen LogP contribution in [0.4, 0.5) is 13.2 Å². The quantitative estimate of drug-likeness (QED) is 0.784. The first-order chi connectivity index (χ1) is 10.9. The van der Waals surface area contributed by atoms with E-state index in [0.29, 0.717) is 17.4 Å². The second-order valence-electron chi connectivity index (χ2n) is 5.68. The maximum absolute atomic E-state index is 13.4. The van der Waals surface area contributed by atoms with Crippen LogP contribution in [0, 0.1) is 0 Å². The molecule has 0 radical (unpaired) electrons. The number of aromatic amines is 1. The Labute approximate surface area is 128 Å². The molecule has 4 nitrogen and oxygen atoms in total. The Morgan fingerprint density at radius 1 is 1.17 bits per heavy atom. The first-order valence-corrected chi connectivity index (χ1v) is 7.24. The zero-order chi connectivity index (χ0) is 16.2. The molecule has 2 heterocycles. The highest BCUT2D eigenvalue weighted by molar-refractivity contribution is 5.85. The van der Waals surface area contributed by atoms with Gasteiger partial charge in [0, 0.05) is 12.0 Å². The van der Waals surface area contributed by atoms with Crippen LogP contribution < -0.4 is 5.56 Å². The van der Waals surface area contributed by atoms with Gasteiger partial charge in [-0.05, 0) is 25.0 Å². The van der Waals surface area contributed by atoms with E-state index in [0.717, 1.165) is 12.8 Å². The zero-order valence-corrected chi connectivity index (χ0v) is 11.9. The number of para-hydroxylation sites is 1. The van der Waals surface area contributed by atoms with Crippen molar-refractivity contribution >= 4 is 11.0 Å². The summed E-state index contributed by atoms with van der Waals surface area (Å²) in [6.45, 7) is 0.